The summed E-state index contributed by atoms with van der Waals surface area (Å²) in [5.41, 5.74) is 2.45. The first kappa shape index (κ1) is 22.2. The molecule has 0 aromatic heterocycles. The zero-order valence-electron chi connectivity index (χ0n) is 18.8. The minimum Gasteiger partial charge on any atom is -0.341 e. The zero-order valence-corrected chi connectivity index (χ0v) is 18.8. The van der Waals surface area contributed by atoms with E-state index in [1.54, 1.807) is 11.8 Å². The molecule has 3 aromatic carbocycles. The van der Waals surface area contributed by atoms with E-state index in [2.05, 4.69) is 47.8 Å². The topological polar surface area (TPSA) is 55.0 Å². The molecule has 5 heteroatoms. The van der Waals surface area contributed by atoms with Crippen molar-refractivity contribution in [1.82, 2.24) is 5.32 Å². The van der Waals surface area contributed by atoms with Crippen LogP contribution in [-0.2, 0) is 22.6 Å². The lowest BCUT2D eigenvalue weighted by Gasteiger charge is -2.30. The van der Waals surface area contributed by atoms with Crippen molar-refractivity contribution in [1.29, 1.82) is 0 Å². The molecule has 1 heterocycles. The number of carbonyl (C=O) groups is 2. The van der Waals surface area contributed by atoms with Crippen LogP contribution in [0.2, 0.25) is 0 Å². The second kappa shape index (κ2) is 10.5. The van der Waals surface area contributed by atoms with Gasteiger partial charge in [-0.3, -0.25) is 9.59 Å². The average Bonchev–Trinajstić information content (AvgIpc) is 2.81. The summed E-state index contributed by atoms with van der Waals surface area (Å²) in [7, 11) is 0. The summed E-state index contributed by atoms with van der Waals surface area (Å²) in [6.45, 7) is 7.03. The van der Waals surface area contributed by atoms with Crippen LogP contribution in [0.5, 0.6) is 0 Å². The van der Waals surface area contributed by atoms with Gasteiger partial charge in [0.25, 0.3) is 5.91 Å². The molecule has 3 N–H and O–H groups in total. The van der Waals surface area contributed by atoms with Crippen LogP contribution in [0.15, 0.2) is 72.8 Å². The van der Waals surface area contributed by atoms with Crippen LogP contribution in [-0.4, -0.2) is 50.5 Å². The number of carbonyl (C=O) groups excluding carboxylic acids is 2. The van der Waals surface area contributed by atoms with E-state index in [0.717, 1.165) is 38.3 Å². The minimum atomic E-state index is -0.456. The second-order valence-corrected chi connectivity index (χ2v) is 8.91. The molecule has 0 saturated carbocycles. The maximum absolute atomic E-state index is 12.6. The number of hydrogen-bond donors (Lipinski definition) is 3. The van der Waals surface area contributed by atoms with Gasteiger partial charge in [0, 0.05) is 5.56 Å². The van der Waals surface area contributed by atoms with Gasteiger partial charge in [0.2, 0.25) is 0 Å². The minimum absolute atomic E-state index is 0.00144. The fourth-order valence-corrected chi connectivity index (χ4v) is 4.65. The van der Waals surface area contributed by atoms with Gasteiger partial charge in [-0.2, -0.15) is 0 Å². The number of benzene rings is 3. The summed E-state index contributed by atoms with van der Waals surface area (Å²) in [6.07, 6.45) is 0.542. The molecule has 0 unspecified atom stereocenters. The van der Waals surface area contributed by atoms with Crippen molar-refractivity contribution in [3.63, 3.8) is 0 Å². The third kappa shape index (κ3) is 5.81. The molecule has 0 radical (unpaired) electrons. The SMILES string of the molecule is CC(=O)[C@H](Cc1ccccc1)NC(=O)C[NH+]1CC[NH+](Cc2cccc3ccccc23)CC1. The molecular formula is C27H33N3O2+2. The standard InChI is InChI=1S/C27H31N3O2/c1-21(31)26(18-22-8-3-2-4-9-22)28-27(32)20-30-16-14-29(15-17-30)19-24-12-7-11-23-10-5-6-13-25(23)24/h2-13,26H,14-20H2,1H3,(H,28,32)/p+2/t26-/m0/s1. The predicted octanol–water partition coefficient (Wildman–Crippen LogP) is 0.440. The molecule has 1 aliphatic rings. The Hall–Kier alpha value is -3.02. The lowest BCUT2D eigenvalue weighted by molar-refractivity contribution is -1.02. The Bertz CT molecular complexity index is 1050. The Labute approximate surface area is 190 Å². The number of nitrogens with one attached hydrogen (secondary N) is 3. The summed E-state index contributed by atoms with van der Waals surface area (Å²) in [6, 6.07) is 24.5. The van der Waals surface area contributed by atoms with Crippen LogP contribution < -0.4 is 15.1 Å². The smallest absolute Gasteiger partial charge is 0.275 e. The Morgan fingerprint density at radius 2 is 1.50 bits per heavy atom. The molecule has 1 fully saturated rings. The van der Waals surface area contributed by atoms with E-state index < -0.39 is 6.04 Å². The molecule has 32 heavy (non-hydrogen) atoms. The molecule has 1 amide bonds. The number of rotatable bonds is 8. The fourth-order valence-electron chi connectivity index (χ4n) is 4.65. The van der Waals surface area contributed by atoms with Gasteiger partial charge in [0.05, 0.1) is 6.04 Å². The quantitative estimate of drug-likeness (QED) is 0.485. The van der Waals surface area contributed by atoms with Crippen LogP contribution in [0, 0.1) is 0 Å². The van der Waals surface area contributed by atoms with Crippen molar-refractivity contribution in [2.24, 2.45) is 0 Å². The zero-order chi connectivity index (χ0) is 22.3. The van der Waals surface area contributed by atoms with E-state index in [1.807, 2.05) is 30.3 Å². The van der Waals surface area contributed by atoms with E-state index >= 15 is 0 Å². The summed E-state index contributed by atoms with van der Waals surface area (Å²) in [5, 5.41) is 5.60. The Morgan fingerprint density at radius 3 is 2.25 bits per heavy atom. The van der Waals surface area contributed by atoms with Gasteiger partial charge < -0.3 is 15.1 Å². The van der Waals surface area contributed by atoms with E-state index in [9.17, 15) is 9.59 Å². The third-order valence-corrected chi connectivity index (χ3v) is 6.50. The van der Waals surface area contributed by atoms with Gasteiger partial charge in [0.1, 0.15) is 32.7 Å². The van der Waals surface area contributed by atoms with Gasteiger partial charge in [0.15, 0.2) is 12.3 Å². The number of ketones is 1. The summed E-state index contributed by atoms with van der Waals surface area (Å²) >= 11 is 0. The first-order valence-corrected chi connectivity index (χ1v) is 11.6. The number of quaternary nitrogens is 2. The maximum atomic E-state index is 12.6. The molecule has 3 aromatic rings. The van der Waals surface area contributed by atoms with E-state index in [4.69, 9.17) is 0 Å². The summed E-state index contributed by atoms with van der Waals surface area (Å²) in [5.74, 6) is -0.0322. The van der Waals surface area contributed by atoms with Crippen LogP contribution in [0.4, 0.5) is 0 Å². The van der Waals surface area contributed by atoms with Crippen LogP contribution in [0.1, 0.15) is 18.1 Å². The van der Waals surface area contributed by atoms with Crippen molar-refractivity contribution in [2.75, 3.05) is 32.7 Å². The van der Waals surface area contributed by atoms with Gasteiger partial charge in [-0.15, -0.1) is 0 Å². The van der Waals surface area contributed by atoms with Gasteiger partial charge in [-0.1, -0.05) is 72.8 Å². The third-order valence-electron chi connectivity index (χ3n) is 6.50. The summed E-state index contributed by atoms with van der Waals surface area (Å²) in [4.78, 5) is 27.6. The molecule has 4 rings (SSSR count). The van der Waals surface area contributed by atoms with Crippen molar-refractivity contribution in [2.45, 2.75) is 25.9 Å². The lowest BCUT2D eigenvalue weighted by atomic mass is 10.0. The highest BCUT2D eigenvalue weighted by molar-refractivity contribution is 5.88. The summed E-state index contributed by atoms with van der Waals surface area (Å²) < 4.78 is 0. The number of piperazine rings is 1. The molecule has 1 saturated heterocycles. The van der Waals surface area contributed by atoms with Gasteiger partial charge in [-0.25, -0.2) is 0 Å². The molecule has 5 nitrogen and oxygen atoms in total. The molecule has 0 bridgehead atoms. The first-order chi connectivity index (χ1) is 15.6. The highest BCUT2D eigenvalue weighted by atomic mass is 16.2. The highest BCUT2D eigenvalue weighted by Crippen LogP contribution is 2.17. The van der Waals surface area contributed by atoms with Crippen LogP contribution in [0.25, 0.3) is 10.8 Å². The van der Waals surface area contributed by atoms with Crippen molar-refractivity contribution in [3.05, 3.63) is 83.9 Å². The predicted molar refractivity (Wildman–Crippen MR) is 127 cm³/mol. The number of fused-ring (bicyclic) bond motifs is 1. The van der Waals surface area contributed by atoms with E-state index in [-0.39, 0.29) is 11.7 Å². The van der Waals surface area contributed by atoms with Crippen LogP contribution >= 0.6 is 0 Å². The fraction of sp³-hybridized carbons (Fsp3) is 0.333. The monoisotopic (exact) mass is 431 g/mol. The molecule has 1 atom stereocenters. The molecule has 1 aliphatic heterocycles. The average molecular weight is 432 g/mol. The number of hydrogen-bond acceptors (Lipinski definition) is 2. The highest BCUT2D eigenvalue weighted by Gasteiger charge is 2.26. The number of amides is 1. The maximum Gasteiger partial charge on any atom is 0.275 e. The van der Waals surface area contributed by atoms with Crippen molar-refractivity contribution in [3.8, 4) is 0 Å². The normalized spacial score (nSPS) is 19.4. The van der Waals surface area contributed by atoms with Crippen molar-refractivity contribution >= 4 is 22.5 Å². The Balaban J connectivity index is 1.27. The Kier molecular flexibility index (Phi) is 7.30. The van der Waals surface area contributed by atoms with Gasteiger partial charge >= 0.3 is 0 Å². The van der Waals surface area contributed by atoms with E-state index in [1.165, 1.54) is 21.2 Å². The van der Waals surface area contributed by atoms with Crippen molar-refractivity contribution < 1.29 is 19.4 Å². The molecule has 0 aliphatic carbocycles. The molecule has 166 valence electrons. The first-order valence-electron chi connectivity index (χ1n) is 11.6. The lowest BCUT2D eigenvalue weighted by Crippen LogP contribution is -3.28. The number of Topliss-reactive ketones (excluding diaryl/α,β-unsaturated/α-hetero) is 1. The Morgan fingerprint density at radius 1 is 0.844 bits per heavy atom. The van der Waals surface area contributed by atoms with Crippen LogP contribution in [0.3, 0.4) is 0 Å². The largest absolute Gasteiger partial charge is 0.341 e. The van der Waals surface area contributed by atoms with E-state index in [0.29, 0.717) is 13.0 Å². The molecular weight excluding hydrogens is 398 g/mol. The van der Waals surface area contributed by atoms with Gasteiger partial charge in [-0.05, 0) is 29.7 Å². The second-order valence-electron chi connectivity index (χ2n) is 8.91. The molecule has 0 spiro atoms.